The molecule has 0 atom stereocenters. The number of ether oxygens (including phenoxy) is 1. The van der Waals surface area contributed by atoms with Gasteiger partial charge in [-0.1, -0.05) is 45.0 Å². The lowest BCUT2D eigenvalue weighted by Crippen LogP contribution is -2.19. The van der Waals surface area contributed by atoms with E-state index in [1.807, 2.05) is 6.92 Å². The van der Waals surface area contributed by atoms with Crippen molar-refractivity contribution in [1.29, 1.82) is 0 Å². The van der Waals surface area contributed by atoms with Crippen LogP contribution in [0.4, 0.5) is 0 Å². The largest absolute Gasteiger partial charge is 0.380 e. The number of hydrogen-bond acceptors (Lipinski definition) is 2. The highest BCUT2D eigenvalue weighted by Gasteiger charge is 2.12. The maximum atomic E-state index is 5.27. The Morgan fingerprint density at radius 1 is 1.12 bits per heavy atom. The number of hydrogen-bond donors (Lipinski definition) is 1. The molecule has 0 saturated heterocycles. The summed E-state index contributed by atoms with van der Waals surface area (Å²) in [6.45, 7) is 12.1. The van der Waals surface area contributed by atoms with Crippen LogP contribution in [-0.4, -0.2) is 19.8 Å². The summed E-state index contributed by atoms with van der Waals surface area (Å²) in [6.07, 6.45) is 0. The molecule has 1 aromatic rings. The fourth-order valence-corrected chi connectivity index (χ4v) is 1.64. The van der Waals surface area contributed by atoms with Crippen LogP contribution in [0.15, 0.2) is 24.3 Å². The summed E-state index contributed by atoms with van der Waals surface area (Å²) in [5, 5.41) is 3.37. The van der Waals surface area contributed by atoms with Crippen LogP contribution in [0, 0.1) is 0 Å². The van der Waals surface area contributed by atoms with Crippen LogP contribution in [0.2, 0.25) is 0 Å². The highest BCUT2D eigenvalue weighted by molar-refractivity contribution is 5.27. The standard InChI is InChI=1S/C15H25NO/c1-5-17-11-10-16-12-13-6-8-14(9-7-13)15(2,3)4/h6-9,16H,5,10-12H2,1-4H3. The smallest absolute Gasteiger partial charge is 0.0590 e. The second kappa shape index (κ2) is 6.77. The van der Waals surface area contributed by atoms with Crippen LogP contribution in [0.5, 0.6) is 0 Å². The Balaban J connectivity index is 2.36. The van der Waals surface area contributed by atoms with Gasteiger partial charge >= 0.3 is 0 Å². The number of nitrogens with one attached hydrogen (secondary N) is 1. The van der Waals surface area contributed by atoms with E-state index in [1.165, 1.54) is 11.1 Å². The van der Waals surface area contributed by atoms with E-state index in [0.29, 0.717) is 0 Å². The summed E-state index contributed by atoms with van der Waals surface area (Å²) in [6, 6.07) is 8.85. The number of benzene rings is 1. The molecule has 0 aromatic heterocycles. The quantitative estimate of drug-likeness (QED) is 0.765. The van der Waals surface area contributed by atoms with Crippen molar-refractivity contribution in [2.45, 2.75) is 39.7 Å². The van der Waals surface area contributed by atoms with Crippen LogP contribution in [-0.2, 0) is 16.7 Å². The van der Waals surface area contributed by atoms with E-state index in [4.69, 9.17) is 4.74 Å². The molecule has 2 heteroatoms. The molecule has 0 unspecified atom stereocenters. The normalized spacial score (nSPS) is 11.8. The van der Waals surface area contributed by atoms with E-state index >= 15 is 0 Å². The molecule has 0 radical (unpaired) electrons. The summed E-state index contributed by atoms with van der Waals surface area (Å²) in [5.41, 5.74) is 2.95. The third-order valence-corrected chi connectivity index (χ3v) is 2.78. The van der Waals surface area contributed by atoms with Crippen molar-refractivity contribution in [2.24, 2.45) is 0 Å². The van der Waals surface area contributed by atoms with E-state index in [2.05, 4.69) is 50.4 Å². The van der Waals surface area contributed by atoms with Crippen molar-refractivity contribution in [1.82, 2.24) is 5.32 Å². The third-order valence-electron chi connectivity index (χ3n) is 2.78. The van der Waals surface area contributed by atoms with E-state index in [9.17, 15) is 0 Å². The summed E-state index contributed by atoms with van der Waals surface area (Å²) in [4.78, 5) is 0. The summed E-state index contributed by atoms with van der Waals surface area (Å²) < 4.78 is 5.27. The van der Waals surface area contributed by atoms with Gasteiger partial charge in [-0.2, -0.15) is 0 Å². The molecule has 2 nitrogen and oxygen atoms in total. The lowest BCUT2D eigenvalue weighted by molar-refractivity contribution is 0.149. The van der Waals surface area contributed by atoms with Gasteiger partial charge in [0.1, 0.15) is 0 Å². The average molecular weight is 235 g/mol. The predicted octanol–water partition coefficient (Wildman–Crippen LogP) is 3.11. The van der Waals surface area contributed by atoms with Crippen molar-refractivity contribution in [2.75, 3.05) is 19.8 Å². The molecule has 96 valence electrons. The summed E-state index contributed by atoms with van der Waals surface area (Å²) in [5.74, 6) is 0. The van der Waals surface area contributed by atoms with Gasteiger partial charge in [0, 0.05) is 19.7 Å². The molecule has 0 aliphatic heterocycles. The predicted molar refractivity (Wildman–Crippen MR) is 73.3 cm³/mol. The fraction of sp³-hybridized carbons (Fsp3) is 0.600. The maximum absolute atomic E-state index is 5.27. The monoisotopic (exact) mass is 235 g/mol. The molecular weight excluding hydrogens is 210 g/mol. The summed E-state index contributed by atoms with van der Waals surface area (Å²) in [7, 11) is 0. The van der Waals surface area contributed by atoms with Gasteiger partial charge in [-0.3, -0.25) is 0 Å². The second-order valence-corrected chi connectivity index (χ2v) is 5.32. The van der Waals surface area contributed by atoms with Crippen molar-refractivity contribution in [3.8, 4) is 0 Å². The molecular formula is C15H25NO. The maximum Gasteiger partial charge on any atom is 0.0590 e. The van der Waals surface area contributed by atoms with Gasteiger partial charge in [-0.25, -0.2) is 0 Å². The topological polar surface area (TPSA) is 21.3 Å². The Bertz CT molecular complexity index is 311. The molecule has 1 N–H and O–H groups in total. The molecule has 17 heavy (non-hydrogen) atoms. The van der Waals surface area contributed by atoms with Crippen LogP contribution in [0.25, 0.3) is 0 Å². The van der Waals surface area contributed by atoms with Gasteiger partial charge in [-0.15, -0.1) is 0 Å². The first-order chi connectivity index (χ1) is 8.04. The first-order valence-corrected chi connectivity index (χ1v) is 6.42. The van der Waals surface area contributed by atoms with Crippen LogP contribution >= 0.6 is 0 Å². The molecule has 1 aromatic carbocycles. The molecule has 0 fully saturated rings. The van der Waals surface area contributed by atoms with Crippen molar-refractivity contribution in [3.05, 3.63) is 35.4 Å². The van der Waals surface area contributed by atoms with Gasteiger partial charge in [0.05, 0.1) is 6.61 Å². The lowest BCUT2D eigenvalue weighted by Gasteiger charge is -2.19. The van der Waals surface area contributed by atoms with Gasteiger partial charge in [0.25, 0.3) is 0 Å². The highest BCUT2D eigenvalue weighted by Crippen LogP contribution is 2.21. The Morgan fingerprint density at radius 2 is 1.76 bits per heavy atom. The van der Waals surface area contributed by atoms with Gasteiger partial charge in [0.2, 0.25) is 0 Å². The third kappa shape index (κ3) is 5.33. The molecule has 0 aliphatic carbocycles. The lowest BCUT2D eigenvalue weighted by atomic mass is 9.87. The minimum Gasteiger partial charge on any atom is -0.380 e. The van der Waals surface area contributed by atoms with Crippen LogP contribution < -0.4 is 5.32 Å². The second-order valence-electron chi connectivity index (χ2n) is 5.32. The SMILES string of the molecule is CCOCCNCc1ccc(C(C)(C)C)cc1. The average Bonchev–Trinajstić information content (AvgIpc) is 2.28. The Labute approximate surface area is 105 Å². The fourth-order valence-electron chi connectivity index (χ4n) is 1.64. The van der Waals surface area contributed by atoms with Crippen molar-refractivity contribution < 1.29 is 4.74 Å². The molecule has 0 amide bonds. The van der Waals surface area contributed by atoms with E-state index in [1.54, 1.807) is 0 Å². The first kappa shape index (κ1) is 14.2. The van der Waals surface area contributed by atoms with Gasteiger partial charge < -0.3 is 10.1 Å². The zero-order valence-corrected chi connectivity index (χ0v) is 11.5. The zero-order chi connectivity index (χ0) is 12.7. The molecule has 0 bridgehead atoms. The van der Waals surface area contributed by atoms with Gasteiger partial charge in [-0.05, 0) is 23.5 Å². The Morgan fingerprint density at radius 3 is 2.29 bits per heavy atom. The minimum absolute atomic E-state index is 0.237. The van der Waals surface area contributed by atoms with Crippen LogP contribution in [0.3, 0.4) is 0 Å². The molecule has 0 heterocycles. The van der Waals surface area contributed by atoms with Crippen molar-refractivity contribution >= 4 is 0 Å². The van der Waals surface area contributed by atoms with E-state index < -0.39 is 0 Å². The minimum atomic E-state index is 0.237. The molecule has 0 aliphatic rings. The number of rotatable bonds is 6. The van der Waals surface area contributed by atoms with Crippen LogP contribution in [0.1, 0.15) is 38.8 Å². The van der Waals surface area contributed by atoms with E-state index in [0.717, 1.165) is 26.3 Å². The molecule has 0 spiro atoms. The van der Waals surface area contributed by atoms with Gasteiger partial charge in [0.15, 0.2) is 0 Å². The Kier molecular flexibility index (Phi) is 5.66. The van der Waals surface area contributed by atoms with E-state index in [-0.39, 0.29) is 5.41 Å². The molecule has 1 rings (SSSR count). The zero-order valence-electron chi connectivity index (χ0n) is 11.5. The highest BCUT2D eigenvalue weighted by atomic mass is 16.5. The molecule has 0 saturated carbocycles. The Hall–Kier alpha value is -0.860. The van der Waals surface area contributed by atoms with Crippen molar-refractivity contribution in [3.63, 3.8) is 0 Å². The first-order valence-electron chi connectivity index (χ1n) is 6.42. The summed E-state index contributed by atoms with van der Waals surface area (Å²) >= 11 is 0.